The molecule has 1 aliphatic heterocycles. The zero-order chi connectivity index (χ0) is 16.2. The highest BCUT2D eigenvalue weighted by Gasteiger charge is 2.38. The number of thiophene rings is 1. The van der Waals surface area contributed by atoms with Crippen LogP contribution in [0.25, 0.3) is 0 Å². The van der Waals surface area contributed by atoms with Crippen molar-refractivity contribution in [1.29, 1.82) is 0 Å². The fourth-order valence-electron chi connectivity index (χ4n) is 3.52. The van der Waals surface area contributed by atoms with Gasteiger partial charge < -0.3 is 5.32 Å². The van der Waals surface area contributed by atoms with Gasteiger partial charge in [0.2, 0.25) is 10.0 Å². The van der Waals surface area contributed by atoms with Crippen LogP contribution in [0.1, 0.15) is 28.8 Å². The number of nitrogens with two attached hydrogens (primary N) is 1. The second kappa shape index (κ2) is 5.44. The first-order chi connectivity index (χ1) is 10.9. The fourth-order valence-corrected chi connectivity index (χ4v) is 5.64. The van der Waals surface area contributed by atoms with Crippen molar-refractivity contribution in [2.24, 2.45) is 11.1 Å². The molecule has 0 spiro atoms. The van der Waals surface area contributed by atoms with E-state index in [9.17, 15) is 8.42 Å². The van der Waals surface area contributed by atoms with Gasteiger partial charge in [-0.15, -0.1) is 11.3 Å². The van der Waals surface area contributed by atoms with Crippen molar-refractivity contribution < 1.29 is 8.42 Å². The Labute approximate surface area is 147 Å². The second-order valence-electron chi connectivity index (χ2n) is 5.94. The summed E-state index contributed by atoms with van der Waals surface area (Å²) in [5.41, 5.74) is 2.00. The quantitative estimate of drug-likeness (QED) is 0.735. The smallest absolute Gasteiger partial charge is 0.238 e. The van der Waals surface area contributed by atoms with Crippen LogP contribution in [-0.4, -0.2) is 8.42 Å². The number of anilines is 1. The van der Waals surface area contributed by atoms with Crippen LogP contribution in [0.15, 0.2) is 51.2 Å². The van der Waals surface area contributed by atoms with Crippen LogP contribution in [0, 0.1) is 5.92 Å². The topological polar surface area (TPSA) is 72.2 Å². The van der Waals surface area contributed by atoms with Crippen molar-refractivity contribution in [3.8, 4) is 0 Å². The van der Waals surface area contributed by atoms with Gasteiger partial charge in [0.1, 0.15) is 0 Å². The molecule has 3 unspecified atom stereocenters. The lowest BCUT2D eigenvalue weighted by Crippen LogP contribution is -2.28. The van der Waals surface area contributed by atoms with Crippen LogP contribution in [0.3, 0.4) is 0 Å². The summed E-state index contributed by atoms with van der Waals surface area (Å²) in [6.45, 7) is 0. The van der Waals surface area contributed by atoms with Crippen molar-refractivity contribution >= 4 is 43.0 Å². The van der Waals surface area contributed by atoms with E-state index in [0.717, 1.165) is 22.1 Å². The summed E-state index contributed by atoms with van der Waals surface area (Å²) in [6.07, 6.45) is 5.36. The number of hydrogen-bond acceptors (Lipinski definition) is 4. The Kier molecular flexibility index (Phi) is 3.64. The highest BCUT2D eigenvalue weighted by Crippen LogP contribution is 2.51. The predicted octanol–water partition coefficient (Wildman–Crippen LogP) is 3.98. The molecule has 4 nitrogen and oxygen atoms in total. The molecule has 0 bridgehead atoms. The third kappa shape index (κ3) is 2.65. The zero-order valence-electron chi connectivity index (χ0n) is 12.1. The number of fused-ring (bicyclic) bond motifs is 3. The number of sulfonamides is 1. The minimum Gasteiger partial charge on any atom is -0.377 e. The van der Waals surface area contributed by atoms with Crippen molar-refractivity contribution in [2.75, 3.05) is 5.32 Å². The van der Waals surface area contributed by atoms with Crippen molar-refractivity contribution in [3.63, 3.8) is 0 Å². The average Bonchev–Trinajstić information content (AvgIpc) is 3.13. The summed E-state index contributed by atoms with van der Waals surface area (Å²) >= 11 is 5.25. The summed E-state index contributed by atoms with van der Waals surface area (Å²) in [6, 6.07) is 7.50. The highest BCUT2D eigenvalue weighted by molar-refractivity contribution is 9.10. The molecule has 3 atom stereocenters. The Morgan fingerprint density at radius 1 is 1.30 bits per heavy atom. The molecule has 7 heteroatoms. The Morgan fingerprint density at radius 2 is 2.13 bits per heavy atom. The summed E-state index contributed by atoms with van der Waals surface area (Å²) in [5.74, 6) is 0.614. The van der Waals surface area contributed by atoms with E-state index in [0.29, 0.717) is 5.92 Å². The number of allylic oxidation sites excluding steroid dienone is 2. The highest BCUT2D eigenvalue weighted by atomic mass is 79.9. The van der Waals surface area contributed by atoms with E-state index in [4.69, 9.17) is 5.14 Å². The van der Waals surface area contributed by atoms with Crippen LogP contribution in [0.4, 0.5) is 5.69 Å². The minimum atomic E-state index is -3.68. The number of hydrogen-bond donors (Lipinski definition) is 2. The van der Waals surface area contributed by atoms with Gasteiger partial charge in [0.05, 0.1) is 10.9 Å². The summed E-state index contributed by atoms with van der Waals surface area (Å²) in [7, 11) is -3.68. The Balaban J connectivity index is 1.80. The lowest BCUT2D eigenvalue weighted by Gasteiger charge is -2.37. The lowest BCUT2D eigenvalue weighted by atomic mass is 9.79. The van der Waals surface area contributed by atoms with Gasteiger partial charge in [0.25, 0.3) is 0 Å². The van der Waals surface area contributed by atoms with Crippen LogP contribution < -0.4 is 10.5 Å². The lowest BCUT2D eigenvalue weighted by molar-refractivity contribution is 0.429. The fraction of sp³-hybridized carbons (Fsp3) is 0.250. The largest absolute Gasteiger partial charge is 0.377 e. The van der Waals surface area contributed by atoms with Crippen molar-refractivity contribution in [2.45, 2.75) is 23.3 Å². The molecule has 1 aromatic heterocycles. The molecule has 3 N–H and O–H groups in total. The van der Waals surface area contributed by atoms with Gasteiger partial charge in [0.15, 0.2) is 0 Å². The maximum Gasteiger partial charge on any atom is 0.238 e. The van der Waals surface area contributed by atoms with Gasteiger partial charge in [0, 0.05) is 26.3 Å². The Bertz CT molecular complexity index is 905. The van der Waals surface area contributed by atoms with E-state index in [2.05, 4.69) is 44.8 Å². The third-order valence-corrected chi connectivity index (χ3v) is 7.24. The second-order valence-corrected chi connectivity index (χ2v) is 9.36. The number of rotatable bonds is 2. The summed E-state index contributed by atoms with van der Waals surface area (Å²) in [5, 5.41) is 11.0. The SMILES string of the molecule is NS(=O)(=O)c1ccc2c(c1)C1C=CCC1C(c1cc(Br)cs1)N2. The molecule has 0 saturated heterocycles. The normalized spacial score (nSPS) is 25.7. The monoisotopic (exact) mass is 410 g/mol. The molecule has 0 amide bonds. The van der Waals surface area contributed by atoms with E-state index in [1.54, 1.807) is 23.5 Å². The predicted molar refractivity (Wildman–Crippen MR) is 96.2 cm³/mol. The van der Waals surface area contributed by atoms with Crippen LogP contribution >= 0.6 is 27.3 Å². The molecule has 0 saturated carbocycles. The molecule has 1 aromatic carbocycles. The number of halogens is 1. The molecular formula is C16H15BrN2O2S2. The van der Waals surface area contributed by atoms with Crippen molar-refractivity contribution in [1.82, 2.24) is 0 Å². The number of benzene rings is 1. The van der Waals surface area contributed by atoms with Crippen LogP contribution in [0.2, 0.25) is 0 Å². The molecule has 0 fully saturated rings. The first kappa shape index (κ1) is 15.4. The van der Waals surface area contributed by atoms with Gasteiger partial charge in [-0.1, -0.05) is 12.2 Å². The van der Waals surface area contributed by atoms with E-state index >= 15 is 0 Å². The van der Waals surface area contributed by atoms with Crippen LogP contribution in [-0.2, 0) is 10.0 Å². The first-order valence-electron chi connectivity index (χ1n) is 7.27. The number of primary sulfonamides is 1. The van der Waals surface area contributed by atoms with Gasteiger partial charge >= 0.3 is 0 Å². The van der Waals surface area contributed by atoms with Crippen LogP contribution in [0.5, 0.6) is 0 Å². The number of nitrogens with one attached hydrogen (secondary N) is 1. The van der Waals surface area contributed by atoms with Gasteiger partial charge in [-0.25, -0.2) is 13.6 Å². The van der Waals surface area contributed by atoms with E-state index in [1.165, 1.54) is 4.88 Å². The Morgan fingerprint density at radius 3 is 2.83 bits per heavy atom. The van der Waals surface area contributed by atoms with E-state index < -0.39 is 10.0 Å². The molecule has 2 aliphatic rings. The third-order valence-electron chi connectivity index (χ3n) is 4.56. The first-order valence-corrected chi connectivity index (χ1v) is 10.5. The summed E-state index contributed by atoms with van der Waals surface area (Å²) in [4.78, 5) is 1.46. The molecule has 2 aromatic rings. The molecule has 23 heavy (non-hydrogen) atoms. The van der Waals surface area contributed by atoms with Crippen molar-refractivity contribution in [3.05, 3.63) is 56.7 Å². The summed E-state index contributed by atoms with van der Waals surface area (Å²) < 4.78 is 24.4. The molecule has 120 valence electrons. The maximum absolute atomic E-state index is 11.6. The zero-order valence-corrected chi connectivity index (χ0v) is 15.3. The van der Waals surface area contributed by atoms with Gasteiger partial charge in [-0.05, 0) is 58.1 Å². The molecule has 2 heterocycles. The molecule has 4 rings (SSSR count). The van der Waals surface area contributed by atoms with Gasteiger partial charge in [-0.2, -0.15) is 0 Å². The van der Waals surface area contributed by atoms with Gasteiger partial charge in [-0.3, -0.25) is 0 Å². The maximum atomic E-state index is 11.6. The standard InChI is InChI=1S/C16H15BrN2O2S2/c17-9-6-15(22-8-9)16-12-3-1-2-11(12)13-7-10(23(18,20)21)4-5-14(13)19-16/h1-2,4-8,11-12,16,19H,3H2,(H2,18,20,21). The Hall–Kier alpha value is -1.15. The van der Waals surface area contributed by atoms with E-state index in [-0.39, 0.29) is 16.9 Å². The molecule has 0 radical (unpaired) electrons. The molecular weight excluding hydrogens is 396 g/mol. The van der Waals surface area contributed by atoms with E-state index in [1.807, 2.05) is 6.07 Å². The minimum absolute atomic E-state index is 0.175. The average molecular weight is 411 g/mol. The molecule has 1 aliphatic carbocycles.